The second-order valence-electron chi connectivity index (χ2n) is 4.45. The van der Waals surface area contributed by atoms with E-state index in [2.05, 4.69) is 10.6 Å². The number of rotatable bonds is 6. The fraction of sp³-hybridized carbons (Fsp3) is 0.308. The molecule has 1 unspecified atom stereocenters. The predicted octanol–water partition coefficient (Wildman–Crippen LogP) is 0.974. The number of hydrogen-bond donors (Lipinski definition) is 4. The molecule has 21 heavy (non-hydrogen) atoms. The third kappa shape index (κ3) is 5.47. The van der Waals surface area contributed by atoms with E-state index >= 15 is 0 Å². The normalized spacial score (nSPS) is 11.5. The lowest BCUT2D eigenvalue weighted by molar-refractivity contribution is -0.139. The summed E-state index contributed by atoms with van der Waals surface area (Å²) < 4.78 is 12.9. The molecule has 0 aliphatic carbocycles. The zero-order chi connectivity index (χ0) is 16.0. The summed E-state index contributed by atoms with van der Waals surface area (Å²) >= 11 is 0. The van der Waals surface area contributed by atoms with Gasteiger partial charge in [0.05, 0.1) is 0 Å². The van der Waals surface area contributed by atoms with Crippen molar-refractivity contribution >= 4 is 23.6 Å². The first kappa shape index (κ1) is 16.4. The molecule has 114 valence electrons. The molecule has 1 atom stereocenters. The fourth-order valence-electron chi connectivity index (χ4n) is 1.63. The highest BCUT2D eigenvalue weighted by Crippen LogP contribution is 2.15. The van der Waals surface area contributed by atoms with Crippen LogP contribution in [0, 0.1) is 12.7 Å². The third-order valence-corrected chi connectivity index (χ3v) is 2.72. The Kier molecular flexibility index (Phi) is 5.65. The van der Waals surface area contributed by atoms with Crippen LogP contribution in [0.5, 0.6) is 0 Å². The van der Waals surface area contributed by atoms with Gasteiger partial charge in [0, 0.05) is 12.1 Å². The number of carbonyl (C=O) groups is 3. The molecule has 0 bridgehead atoms. The average Bonchev–Trinajstić information content (AvgIpc) is 2.37. The van der Waals surface area contributed by atoms with E-state index in [0.717, 1.165) is 0 Å². The monoisotopic (exact) mass is 297 g/mol. The minimum Gasteiger partial charge on any atom is -0.480 e. The summed E-state index contributed by atoms with van der Waals surface area (Å²) in [6, 6.07) is 1.77. The first-order valence-corrected chi connectivity index (χ1v) is 6.14. The highest BCUT2D eigenvalue weighted by Gasteiger charge is 2.20. The number of carboxylic acid groups (broad SMARTS) is 1. The number of nitrogens with one attached hydrogen (secondary N) is 2. The van der Waals surface area contributed by atoms with Crippen LogP contribution in [0.1, 0.15) is 18.4 Å². The molecule has 0 aromatic heterocycles. The quantitative estimate of drug-likeness (QED) is 0.625. The van der Waals surface area contributed by atoms with Crippen LogP contribution in [-0.2, 0) is 9.59 Å². The number of primary amides is 1. The van der Waals surface area contributed by atoms with Crippen LogP contribution in [-0.4, -0.2) is 29.1 Å². The Morgan fingerprint density at radius 1 is 1.38 bits per heavy atom. The van der Waals surface area contributed by atoms with E-state index in [1.165, 1.54) is 18.2 Å². The standard InChI is InChI=1S/C13H16FN3O4/c1-7-6-8(14)2-3-9(7)16-13(21)17-10(12(19)20)4-5-11(15)18/h2-3,6,10H,4-5H2,1H3,(H2,15,18)(H,19,20)(H2,16,17,21). The van der Waals surface area contributed by atoms with Crippen LogP contribution >= 0.6 is 0 Å². The van der Waals surface area contributed by atoms with Gasteiger partial charge in [-0.1, -0.05) is 0 Å². The van der Waals surface area contributed by atoms with Gasteiger partial charge in [0.15, 0.2) is 0 Å². The molecular formula is C13H16FN3O4. The molecule has 1 aromatic rings. The Hall–Kier alpha value is -2.64. The van der Waals surface area contributed by atoms with Crippen LogP contribution in [0.3, 0.4) is 0 Å². The van der Waals surface area contributed by atoms with Crippen LogP contribution in [0.4, 0.5) is 14.9 Å². The SMILES string of the molecule is Cc1cc(F)ccc1NC(=O)NC(CCC(N)=O)C(=O)O. The van der Waals surface area contributed by atoms with Gasteiger partial charge in [-0.3, -0.25) is 4.79 Å². The van der Waals surface area contributed by atoms with E-state index in [0.29, 0.717) is 11.3 Å². The van der Waals surface area contributed by atoms with Crippen molar-refractivity contribution in [1.29, 1.82) is 0 Å². The van der Waals surface area contributed by atoms with Crippen LogP contribution in [0.25, 0.3) is 0 Å². The maximum Gasteiger partial charge on any atom is 0.326 e. The van der Waals surface area contributed by atoms with Gasteiger partial charge in [-0.05, 0) is 37.1 Å². The van der Waals surface area contributed by atoms with Gasteiger partial charge in [-0.15, -0.1) is 0 Å². The summed E-state index contributed by atoms with van der Waals surface area (Å²) in [6.45, 7) is 1.60. The molecule has 0 aliphatic heterocycles. The van der Waals surface area contributed by atoms with E-state index < -0.39 is 29.8 Å². The van der Waals surface area contributed by atoms with Crippen molar-refractivity contribution in [1.82, 2.24) is 5.32 Å². The van der Waals surface area contributed by atoms with Gasteiger partial charge < -0.3 is 21.5 Å². The second kappa shape index (κ2) is 7.22. The highest BCUT2D eigenvalue weighted by molar-refractivity contribution is 5.93. The number of anilines is 1. The number of carboxylic acids is 1. The van der Waals surface area contributed by atoms with Crippen LogP contribution in [0.2, 0.25) is 0 Å². The third-order valence-electron chi connectivity index (χ3n) is 2.72. The number of benzene rings is 1. The van der Waals surface area contributed by atoms with Gasteiger partial charge in [0.1, 0.15) is 11.9 Å². The molecule has 0 saturated heterocycles. The van der Waals surface area contributed by atoms with Gasteiger partial charge in [0.2, 0.25) is 5.91 Å². The Bertz CT molecular complexity index is 562. The molecule has 0 heterocycles. The van der Waals surface area contributed by atoms with Gasteiger partial charge in [-0.2, -0.15) is 0 Å². The number of carbonyl (C=O) groups excluding carboxylic acids is 2. The van der Waals surface area contributed by atoms with E-state index in [-0.39, 0.29) is 12.8 Å². The molecule has 0 radical (unpaired) electrons. The van der Waals surface area contributed by atoms with Crippen molar-refractivity contribution in [2.45, 2.75) is 25.8 Å². The molecule has 1 aromatic carbocycles. The number of halogens is 1. The van der Waals surface area contributed by atoms with Crippen molar-refractivity contribution in [3.05, 3.63) is 29.6 Å². The highest BCUT2D eigenvalue weighted by atomic mass is 19.1. The largest absolute Gasteiger partial charge is 0.480 e. The molecular weight excluding hydrogens is 281 g/mol. The zero-order valence-electron chi connectivity index (χ0n) is 11.4. The summed E-state index contributed by atoms with van der Waals surface area (Å²) in [6.07, 6.45) is -0.271. The molecule has 0 spiro atoms. The van der Waals surface area contributed by atoms with Gasteiger partial charge >= 0.3 is 12.0 Å². The van der Waals surface area contributed by atoms with Gasteiger partial charge in [0.25, 0.3) is 0 Å². The van der Waals surface area contributed by atoms with Crippen LogP contribution < -0.4 is 16.4 Å². The lowest BCUT2D eigenvalue weighted by Crippen LogP contribution is -2.43. The Morgan fingerprint density at radius 2 is 2.05 bits per heavy atom. The van der Waals surface area contributed by atoms with Crippen molar-refractivity contribution in [2.24, 2.45) is 5.73 Å². The van der Waals surface area contributed by atoms with E-state index in [1.807, 2.05) is 0 Å². The van der Waals surface area contributed by atoms with Crippen molar-refractivity contribution in [3.63, 3.8) is 0 Å². The molecule has 3 amide bonds. The average molecular weight is 297 g/mol. The second-order valence-corrected chi connectivity index (χ2v) is 4.45. The van der Waals surface area contributed by atoms with Crippen molar-refractivity contribution in [2.75, 3.05) is 5.32 Å². The maximum absolute atomic E-state index is 12.9. The molecule has 7 nitrogen and oxygen atoms in total. The summed E-state index contributed by atoms with van der Waals surface area (Å²) in [5.74, 6) is -2.37. The molecule has 8 heteroatoms. The molecule has 0 fully saturated rings. The Morgan fingerprint density at radius 3 is 2.57 bits per heavy atom. The van der Waals surface area contributed by atoms with Crippen LogP contribution in [0.15, 0.2) is 18.2 Å². The molecule has 1 rings (SSSR count). The first-order chi connectivity index (χ1) is 9.79. The molecule has 0 aliphatic rings. The topological polar surface area (TPSA) is 122 Å². The predicted molar refractivity (Wildman–Crippen MR) is 73.1 cm³/mol. The molecule has 0 saturated carbocycles. The summed E-state index contributed by atoms with van der Waals surface area (Å²) in [4.78, 5) is 33.3. The minimum atomic E-state index is -1.28. The number of amides is 3. The van der Waals surface area contributed by atoms with E-state index in [9.17, 15) is 18.8 Å². The van der Waals surface area contributed by atoms with Gasteiger partial charge in [-0.25, -0.2) is 14.0 Å². The first-order valence-electron chi connectivity index (χ1n) is 6.14. The molecule has 5 N–H and O–H groups in total. The number of hydrogen-bond acceptors (Lipinski definition) is 3. The number of aliphatic carboxylic acids is 1. The fourth-order valence-corrected chi connectivity index (χ4v) is 1.63. The van der Waals surface area contributed by atoms with E-state index in [1.54, 1.807) is 6.92 Å². The maximum atomic E-state index is 12.9. The van der Waals surface area contributed by atoms with Crippen molar-refractivity contribution in [3.8, 4) is 0 Å². The summed E-state index contributed by atoms with van der Waals surface area (Å²) in [5, 5.41) is 13.6. The smallest absolute Gasteiger partial charge is 0.326 e. The minimum absolute atomic E-state index is 0.111. The lowest BCUT2D eigenvalue weighted by atomic mass is 10.1. The van der Waals surface area contributed by atoms with Crippen molar-refractivity contribution < 1.29 is 23.9 Å². The summed E-state index contributed by atoms with van der Waals surface area (Å²) in [7, 11) is 0. The lowest BCUT2D eigenvalue weighted by Gasteiger charge is -2.15. The Labute approximate surface area is 120 Å². The Balaban J connectivity index is 2.65. The number of nitrogens with two attached hydrogens (primary N) is 1. The zero-order valence-corrected chi connectivity index (χ0v) is 11.4. The number of aryl methyl sites for hydroxylation is 1. The number of urea groups is 1. The van der Waals surface area contributed by atoms with E-state index in [4.69, 9.17) is 10.8 Å². The summed E-state index contributed by atoms with van der Waals surface area (Å²) in [5.41, 5.74) is 5.78.